The first-order valence-corrected chi connectivity index (χ1v) is 7.76. The van der Waals surface area contributed by atoms with Crippen molar-refractivity contribution in [2.24, 2.45) is 5.92 Å². The van der Waals surface area contributed by atoms with Gasteiger partial charge in [0.25, 0.3) is 0 Å². The molecule has 1 unspecified atom stereocenters. The van der Waals surface area contributed by atoms with E-state index in [2.05, 4.69) is 0 Å². The Balaban J connectivity index is 1.56. The van der Waals surface area contributed by atoms with Crippen molar-refractivity contribution in [3.8, 4) is 5.75 Å². The van der Waals surface area contributed by atoms with Gasteiger partial charge in [0.05, 0.1) is 6.10 Å². The van der Waals surface area contributed by atoms with Crippen LogP contribution in [0.2, 0.25) is 0 Å². The van der Waals surface area contributed by atoms with Crippen molar-refractivity contribution in [1.82, 2.24) is 0 Å². The highest BCUT2D eigenvalue weighted by molar-refractivity contribution is 5.30. The van der Waals surface area contributed by atoms with Gasteiger partial charge in [-0.1, -0.05) is 55.3 Å². The van der Waals surface area contributed by atoms with Crippen molar-refractivity contribution in [3.05, 3.63) is 65.7 Å². The van der Waals surface area contributed by atoms with Crippen LogP contribution in [0.3, 0.4) is 0 Å². The first kappa shape index (κ1) is 14.2. The van der Waals surface area contributed by atoms with E-state index < -0.39 is 0 Å². The molecular weight excluding hydrogens is 260 g/mol. The molecule has 2 aromatic rings. The van der Waals surface area contributed by atoms with E-state index in [9.17, 15) is 5.11 Å². The summed E-state index contributed by atoms with van der Waals surface area (Å²) >= 11 is 0. The minimum absolute atomic E-state index is 0.370. The van der Waals surface area contributed by atoms with Gasteiger partial charge in [0, 0.05) is 0 Å². The average Bonchev–Trinajstić information content (AvgIpc) is 3.36. The summed E-state index contributed by atoms with van der Waals surface area (Å²) in [7, 11) is 0. The second-order valence-corrected chi connectivity index (χ2v) is 5.88. The van der Waals surface area contributed by atoms with Crippen LogP contribution < -0.4 is 4.74 Å². The van der Waals surface area contributed by atoms with Crippen LogP contribution in [0.25, 0.3) is 0 Å². The van der Waals surface area contributed by atoms with Crippen molar-refractivity contribution >= 4 is 0 Å². The lowest BCUT2D eigenvalue weighted by Crippen LogP contribution is -2.00. The molecule has 1 aliphatic rings. The van der Waals surface area contributed by atoms with E-state index in [1.54, 1.807) is 0 Å². The van der Waals surface area contributed by atoms with E-state index in [-0.39, 0.29) is 6.10 Å². The summed E-state index contributed by atoms with van der Waals surface area (Å²) in [5.41, 5.74) is 2.11. The van der Waals surface area contributed by atoms with Gasteiger partial charge in [-0.3, -0.25) is 0 Å². The van der Waals surface area contributed by atoms with E-state index in [4.69, 9.17) is 4.74 Å². The fourth-order valence-corrected chi connectivity index (χ4v) is 2.52. The zero-order chi connectivity index (χ0) is 14.5. The van der Waals surface area contributed by atoms with Crippen LogP contribution in [0.1, 0.15) is 42.9 Å². The molecule has 1 fully saturated rings. The Morgan fingerprint density at radius 2 is 1.86 bits per heavy atom. The molecule has 2 aromatic carbocycles. The number of aliphatic hydroxyl groups is 1. The molecule has 0 saturated heterocycles. The fraction of sp³-hybridized carbons (Fsp3) is 0.368. The van der Waals surface area contributed by atoms with Crippen molar-refractivity contribution < 1.29 is 9.84 Å². The second-order valence-electron chi connectivity index (χ2n) is 5.88. The SMILES string of the molecule is OC(CCC1CC1)c1cccc(OCc2ccccc2)c1. The molecule has 0 amide bonds. The Morgan fingerprint density at radius 3 is 2.62 bits per heavy atom. The lowest BCUT2D eigenvalue weighted by molar-refractivity contribution is 0.161. The molecule has 3 rings (SSSR count). The third kappa shape index (κ3) is 4.33. The predicted octanol–water partition coefficient (Wildman–Crippen LogP) is 4.49. The average molecular weight is 282 g/mol. The Labute approximate surface area is 126 Å². The molecule has 21 heavy (non-hydrogen) atoms. The number of aliphatic hydroxyl groups excluding tert-OH is 1. The topological polar surface area (TPSA) is 29.5 Å². The van der Waals surface area contributed by atoms with E-state index in [1.165, 1.54) is 12.8 Å². The van der Waals surface area contributed by atoms with Crippen LogP contribution >= 0.6 is 0 Å². The molecular formula is C19H22O2. The van der Waals surface area contributed by atoms with Crippen LogP contribution in [0.4, 0.5) is 0 Å². The molecule has 0 aromatic heterocycles. The summed E-state index contributed by atoms with van der Waals surface area (Å²) in [6, 6.07) is 18.0. The smallest absolute Gasteiger partial charge is 0.120 e. The Bertz CT molecular complexity index is 561. The maximum Gasteiger partial charge on any atom is 0.120 e. The van der Waals surface area contributed by atoms with Gasteiger partial charge in [-0.05, 0) is 42.0 Å². The number of hydrogen-bond acceptors (Lipinski definition) is 2. The van der Waals surface area contributed by atoms with Crippen LogP contribution in [0.5, 0.6) is 5.75 Å². The van der Waals surface area contributed by atoms with Crippen molar-refractivity contribution in [2.75, 3.05) is 0 Å². The molecule has 1 atom stereocenters. The molecule has 110 valence electrons. The van der Waals surface area contributed by atoms with Gasteiger partial charge >= 0.3 is 0 Å². The Hall–Kier alpha value is -1.80. The van der Waals surface area contributed by atoms with Crippen molar-refractivity contribution in [3.63, 3.8) is 0 Å². The van der Waals surface area contributed by atoms with Gasteiger partial charge in [0.15, 0.2) is 0 Å². The van der Waals surface area contributed by atoms with E-state index in [0.29, 0.717) is 6.61 Å². The number of benzene rings is 2. The van der Waals surface area contributed by atoms with Gasteiger partial charge in [0.1, 0.15) is 12.4 Å². The molecule has 0 bridgehead atoms. The van der Waals surface area contributed by atoms with Crippen LogP contribution in [-0.4, -0.2) is 5.11 Å². The fourth-order valence-electron chi connectivity index (χ4n) is 2.52. The summed E-state index contributed by atoms with van der Waals surface area (Å²) in [6.07, 6.45) is 4.30. The predicted molar refractivity (Wildman–Crippen MR) is 84.1 cm³/mol. The van der Waals surface area contributed by atoms with E-state index in [1.807, 2.05) is 54.6 Å². The number of ether oxygens (including phenoxy) is 1. The highest BCUT2D eigenvalue weighted by Gasteiger charge is 2.22. The monoisotopic (exact) mass is 282 g/mol. The first-order chi connectivity index (χ1) is 10.3. The first-order valence-electron chi connectivity index (χ1n) is 7.76. The molecule has 1 saturated carbocycles. The number of hydrogen-bond donors (Lipinski definition) is 1. The molecule has 1 N–H and O–H groups in total. The summed E-state index contributed by atoms with van der Waals surface area (Å²) in [5.74, 6) is 1.68. The van der Waals surface area contributed by atoms with Crippen LogP contribution in [0, 0.1) is 5.92 Å². The maximum absolute atomic E-state index is 10.3. The molecule has 2 nitrogen and oxygen atoms in total. The third-order valence-electron chi connectivity index (χ3n) is 4.04. The summed E-state index contributed by atoms with van der Waals surface area (Å²) in [5, 5.41) is 10.3. The minimum atomic E-state index is -0.370. The second kappa shape index (κ2) is 6.77. The molecule has 0 spiro atoms. The van der Waals surface area contributed by atoms with Gasteiger partial charge < -0.3 is 9.84 Å². The van der Waals surface area contributed by atoms with Gasteiger partial charge in [-0.2, -0.15) is 0 Å². The molecule has 0 radical (unpaired) electrons. The minimum Gasteiger partial charge on any atom is -0.489 e. The van der Waals surface area contributed by atoms with Gasteiger partial charge in [0.2, 0.25) is 0 Å². The zero-order valence-electron chi connectivity index (χ0n) is 12.2. The summed E-state index contributed by atoms with van der Waals surface area (Å²) < 4.78 is 5.81. The summed E-state index contributed by atoms with van der Waals surface area (Å²) in [6.45, 7) is 0.558. The van der Waals surface area contributed by atoms with Crippen molar-refractivity contribution in [2.45, 2.75) is 38.4 Å². The van der Waals surface area contributed by atoms with Crippen molar-refractivity contribution in [1.29, 1.82) is 0 Å². The zero-order valence-corrected chi connectivity index (χ0v) is 12.2. The van der Waals surface area contributed by atoms with Crippen LogP contribution in [-0.2, 0) is 6.61 Å². The normalized spacial score (nSPS) is 15.7. The van der Waals surface area contributed by atoms with Gasteiger partial charge in [-0.25, -0.2) is 0 Å². The molecule has 1 aliphatic carbocycles. The van der Waals surface area contributed by atoms with E-state index >= 15 is 0 Å². The van der Waals surface area contributed by atoms with E-state index in [0.717, 1.165) is 35.6 Å². The highest BCUT2D eigenvalue weighted by Crippen LogP contribution is 2.36. The maximum atomic E-state index is 10.3. The Kier molecular flexibility index (Phi) is 4.56. The third-order valence-corrected chi connectivity index (χ3v) is 4.04. The van der Waals surface area contributed by atoms with Gasteiger partial charge in [-0.15, -0.1) is 0 Å². The lowest BCUT2D eigenvalue weighted by atomic mass is 10.0. The van der Waals surface area contributed by atoms with Crippen LogP contribution in [0.15, 0.2) is 54.6 Å². The Morgan fingerprint density at radius 1 is 1.05 bits per heavy atom. The quantitative estimate of drug-likeness (QED) is 0.810. The highest BCUT2D eigenvalue weighted by atomic mass is 16.5. The largest absolute Gasteiger partial charge is 0.489 e. The standard InChI is InChI=1S/C19H22O2/c20-19(12-11-15-9-10-15)17-7-4-8-18(13-17)21-14-16-5-2-1-3-6-16/h1-8,13,15,19-20H,9-12,14H2. The molecule has 0 heterocycles. The lowest BCUT2D eigenvalue weighted by Gasteiger charge is -2.13. The summed E-state index contributed by atoms with van der Waals surface area (Å²) in [4.78, 5) is 0. The molecule has 0 aliphatic heterocycles. The molecule has 2 heteroatoms. The number of rotatable bonds is 7.